The molecule has 0 bridgehead atoms. The third-order valence-electron chi connectivity index (χ3n) is 2.97. The van der Waals surface area contributed by atoms with Gasteiger partial charge in [-0.25, -0.2) is 0 Å². The molecule has 0 aromatic heterocycles. The van der Waals surface area contributed by atoms with Crippen LogP contribution in [0.1, 0.15) is 32.1 Å². The van der Waals surface area contributed by atoms with Gasteiger partial charge < -0.3 is 20.5 Å². The van der Waals surface area contributed by atoms with Crippen LogP contribution in [-0.4, -0.2) is 44.9 Å². The van der Waals surface area contributed by atoms with Crippen LogP contribution in [0.15, 0.2) is 0 Å². The van der Waals surface area contributed by atoms with Crippen LogP contribution in [0.4, 0.5) is 0 Å². The van der Waals surface area contributed by atoms with E-state index in [-0.39, 0.29) is 18.1 Å². The zero-order valence-corrected chi connectivity index (χ0v) is 10.6. The molecule has 17 heavy (non-hydrogen) atoms. The summed E-state index contributed by atoms with van der Waals surface area (Å²) >= 11 is 0. The highest BCUT2D eigenvalue weighted by Gasteiger charge is 2.18. The zero-order valence-electron chi connectivity index (χ0n) is 10.6. The Bertz CT molecular complexity index is 212. The highest BCUT2D eigenvalue weighted by molar-refractivity contribution is 5.76. The van der Waals surface area contributed by atoms with Crippen molar-refractivity contribution in [1.29, 1.82) is 0 Å². The molecule has 0 aromatic rings. The Balaban J connectivity index is 2.16. The quantitative estimate of drug-likeness (QED) is 0.649. The highest BCUT2D eigenvalue weighted by Crippen LogP contribution is 2.16. The first-order valence-electron chi connectivity index (χ1n) is 6.36. The van der Waals surface area contributed by atoms with Crippen LogP contribution in [0.2, 0.25) is 0 Å². The number of hydrogen-bond acceptors (Lipinski definition) is 4. The minimum Gasteiger partial charge on any atom is -0.383 e. The van der Waals surface area contributed by atoms with Crippen LogP contribution in [0.25, 0.3) is 0 Å². The lowest BCUT2D eigenvalue weighted by Gasteiger charge is -2.17. The Morgan fingerprint density at radius 3 is 3.06 bits per heavy atom. The second-order valence-corrected chi connectivity index (χ2v) is 4.47. The van der Waals surface area contributed by atoms with Crippen LogP contribution < -0.4 is 11.1 Å². The van der Waals surface area contributed by atoms with Crippen LogP contribution in [0, 0.1) is 0 Å². The summed E-state index contributed by atoms with van der Waals surface area (Å²) in [5.41, 5.74) is 5.48. The summed E-state index contributed by atoms with van der Waals surface area (Å²) in [4.78, 5) is 11.7. The Labute approximate surface area is 103 Å². The van der Waals surface area contributed by atoms with Crippen molar-refractivity contribution in [3.8, 4) is 0 Å². The molecule has 0 aliphatic carbocycles. The van der Waals surface area contributed by atoms with Crippen LogP contribution in [0.3, 0.4) is 0 Å². The van der Waals surface area contributed by atoms with Gasteiger partial charge in [-0.2, -0.15) is 0 Å². The third-order valence-corrected chi connectivity index (χ3v) is 2.97. The molecular formula is C12H24N2O3. The smallest absolute Gasteiger partial charge is 0.220 e. The fourth-order valence-corrected chi connectivity index (χ4v) is 2.06. The van der Waals surface area contributed by atoms with E-state index in [1.807, 2.05) is 0 Å². The topological polar surface area (TPSA) is 73.6 Å². The van der Waals surface area contributed by atoms with Crippen molar-refractivity contribution >= 4 is 5.91 Å². The van der Waals surface area contributed by atoms with E-state index in [1.165, 1.54) is 0 Å². The second kappa shape index (κ2) is 8.44. The number of ether oxygens (including phenoxy) is 2. The summed E-state index contributed by atoms with van der Waals surface area (Å²) in [5, 5.41) is 2.94. The first-order chi connectivity index (χ1) is 8.26. The fraction of sp³-hybridized carbons (Fsp3) is 0.917. The largest absolute Gasteiger partial charge is 0.383 e. The van der Waals surface area contributed by atoms with Crippen LogP contribution in [-0.2, 0) is 14.3 Å². The molecular weight excluding hydrogens is 220 g/mol. The number of nitrogens with two attached hydrogens (primary N) is 1. The normalized spacial score (nSPS) is 21.4. The van der Waals surface area contributed by atoms with Crippen molar-refractivity contribution in [2.45, 2.75) is 44.2 Å². The number of carbonyl (C=O) groups excluding carboxylic acids is 1. The maximum absolute atomic E-state index is 11.7. The summed E-state index contributed by atoms with van der Waals surface area (Å²) < 4.78 is 10.5. The summed E-state index contributed by atoms with van der Waals surface area (Å²) in [6.45, 7) is 1.91. The van der Waals surface area contributed by atoms with Gasteiger partial charge in [-0.15, -0.1) is 0 Å². The first-order valence-corrected chi connectivity index (χ1v) is 6.36. The van der Waals surface area contributed by atoms with Crippen LogP contribution >= 0.6 is 0 Å². The Kier molecular flexibility index (Phi) is 7.16. The van der Waals surface area contributed by atoms with Gasteiger partial charge in [0.2, 0.25) is 5.91 Å². The number of nitrogens with one attached hydrogen (secondary N) is 1. The van der Waals surface area contributed by atoms with E-state index in [1.54, 1.807) is 7.11 Å². The number of carbonyl (C=O) groups is 1. The van der Waals surface area contributed by atoms with Crippen molar-refractivity contribution in [2.24, 2.45) is 5.73 Å². The van der Waals surface area contributed by atoms with Crippen molar-refractivity contribution in [3.63, 3.8) is 0 Å². The minimum atomic E-state index is 0.0296. The van der Waals surface area contributed by atoms with E-state index in [0.29, 0.717) is 19.6 Å². The molecule has 1 heterocycles. The van der Waals surface area contributed by atoms with Crippen LogP contribution in [0.5, 0.6) is 0 Å². The van der Waals surface area contributed by atoms with Gasteiger partial charge in [0.15, 0.2) is 0 Å². The number of hydrogen-bond donors (Lipinski definition) is 2. The molecule has 0 radical (unpaired) electrons. The predicted octanol–water partition coefficient (Wildman–Crippen LogP) is 0.426. The second-order valence-electron chi connectivity index (χ2n) is 4.47. The molecule has 1 fully saturated rings. The van der Waals surface area contributed by atoms with Crippen molar-refractivity contribution in [1.82, 2.24) is 5.32 Å². The number of methoxy groups -OCH3 is 1. The molecule has 0 spiro atoms. The zero-order chi connectivity index (χ0) is 12.5. The van der Waals surface area contributed by atoms with Gasteiger partial charge in [0, 0.05) is 20.1 Å². The monoisotopic (exact) mass is 244 g/mol. The van der Waals surface area contributed by atoms with E-state index < -0.39 is 0 Å². The molecule has 0 saturated carbocycles. The van der Waals surface area contributed by atoms with Crippen molar-refractivity contribution < 1.29 is 14.3 Å². The van der Waals surface area contributed by atoms with Crippen molar-refractivity contribution in [2.75, 3.05) is 26.9 Å². The van der Waals surface area contributed by atoms with Gasteiger partial charge in [-0.3, -0.25) is 4.79 Å². The van der Waals surface area contributed by atoms with Gasteiger partial charge in [-0.1, -0.05) is 0 Å². The third kappa shape index (κ3) is 6.00. The molecule has 1 aliphatic heterocycles. The van der Waals surface area contributed by atoms with Crippen molar-refractivity contribution in [3.05, 3.63) is 0 Å². The molecule has 1 aliphatic rings. The van der Waals surface area contributed by atoms with Gasteiger partial charge >= 0.3 is 0 Å². The summed E-state index contributed by atoms with van der Waals surface area (Å²) in [6.07, 6.45) is 4.56. The molecule has 3 N–H and O–H groups in total. The van der Waals surface area contributed by atoms with E-state index >= 15 is 0 Å². The Hall–Kier alpha value is -0.650. The van der Waals surface area contributed by atoms with E-state index in [2.05, 4.69) is 5.32 Å². The van der Waals surface area contributed by atoms with E-state index in [9.17, 15) is 4.79 Å². The first kappa shape index (κ1) is 14.4. The average Bonchev–Trinajstić information content (AvgIpc) is 2.80. The number of rotatable bonds is 8. The lowest BCUT2D eigenvalue weighted by molar-refractivity contribution is -0.122. The van der Waals surface area contributed by atoms with Gasteiger partial charge in [0.05, 0.1) is 18.8 Å². The van der Waals surface area contributed by atoms with E-state index in [4.69, 9.17) is 15.2 Å². The lowest BCUT2D eigenvalue weighted by atomic mass is 10.1. The molecule has 5 nitrogen and oxygen atoms in total. The Morgan fingerprint density at radius 2 is 2.47 bits per heavy atom. The summed E-state index contributed by atoms with van der Waals surface area (Å²) in [6, 6.07) is 0.0296. The SMILES string of the molecule is COCC(CCN)NC(=O)CCC1CCCO1. The molecule has 2 unspecified atom stereocenters. The summed E-state index contributed by atoms with van der Waals surface area (Å²) in [5.74, 6) is 0.0657. The number of amides is 1. The molecule has 2 atom stereocenters. The standard InChI is InChI=1S/C12H24N2O3/c1-16-9-10(6-7-13)14-12(15)5-4-11-3-2-8-17-11/h10-11H,2-9,13H2,1H3,(H,14,15). The van der Waals surface area contributed by atoms with Gasteiger partial charge in [0.25, 0.3) is 0 Å². The summed E-state index contributed by atoms with van der Waals surface area (Å²) in [7, 11) is 1.63. The maximum atomic E-state index is 11.7. The molecule has 100 valence electrons. The maximum Gasteiger partial charge on any atom is 0.220 e. The molecule has 5 heteroatoms. The molecule has 1 rings (SSSR count). The van der Waals surface area contributed by atoms with E-state index in [0.717, 1.165) is 32.3 Å². The highest BCUT2D eigenvalue weighted by atomic mass is 16.5. The molecule has 1 saturated heterocycles. The lowest BCUT2D eigenvalue weighted by Crippen LogP contribution is -2.39. The Morgan fingerprint density at radius 1 is 1.65 bits per heavy atom. The fourth-order valence-electron chi connectivity index (χ4n) is 2.06. The molecule has 0 aromatic carbocycles. The van der Waals surface area contributed by atoms with Gasteiger partial charge in [-0.05, 0) is 32.2 Å². The molecule has 1 amide bonds. The predicted molar refractivity (Wildman–Crippen MR) is 65.7 cm³/mol. The van der Waals surface area contributed by atoms with Gasteiger partial charge in [0.1, 0.15) is 0 Å². The minimum absolute atomic E-state index is 0.0296. The average molecular weight is 244 g/mol.